The maximum atomic E-state index is 12.2. The lowest BCUT2D eigenvalue weighted by Crippen LogP contribution is -2.12. The molecule has 0 aliphatic heterocycles. The second kappa shape index (κ2) is 5.43. The molecule has 0 radical (unpaired) electrons. The van der Waals surface area contributed by atoms with E-state index in [0.29, 0.717) is 27.6 Å². The van der Waals surface area contributed by atoms with Crippen LogP contribution >= 0.6 is 22.9 Å². The Bertz CT molecular complexity index is 768. The molecule has 2 aromatic rings. The minimum absolute atomic E-state index is 0.0341. The molecule has 0 bridgehead atoms. The van der Waals surface area contributed by atoms with E-state index in [1.807, 2.05) is 0 Å². The predicted molar refractivity (Wildman–Crippen MR) is 78.3 cm³/mol. The molecule has 1 aromatic carbocycles. The van der Waals surface area contributed by atoms with E-state index in [2.05, 4.69) is 4.72 Å². The zero-order valence-electron chi connectivity index (χ0n) is 10.3. The number of thiophene rings is 1. The average Bonchev–Trinajstić information content (AvgIpc) is 2.85. The van der Waals surface area contributed by atoms with Crippen LogP contribution in [-0.4, -0.2) is 19.5 Å². The Morgan fingerprint density at radius 3 is 2.60 bits per heavy atom. The largest absolute Gasteiger partial charge is 0.477 e. The molecule has 0 saturated carbocycles. The standard InChI is InChI=1S/C12H10ClNO4S2/c1-7-8(13)3-2-4-9(7)14-20(17,18)11-6-5-10(19-11)12(15)16/h2-6,14H,1H3,(H,15,16). The van der Waals surface area contributed by atoms with E-state index >= 15 is 0 Å². The van der Waals surface area contributed by atoms with E-state index in [1.165, 1.54) is 12.1 Å². The van der Waals surface area contributed by atoms with Crippen molar-refractivity contribution in [3.63, 3.8) is 0 Å². The van der Waals surface area contributed by atoms with Crippen molar-refractivity contribution < 1.29 is 18.3 Å². The van der Waals surface area contributed by atoms with Gasteiger partial charge in [-0.3, -0.25) is 4.72 Å². The van der Waals surface area contributed by atoms with Gasteiger partial charge in [-0.25, -0.2) is 13.2 Å². The summed E-state index contributed by atoms with van der Waals surface area (Å²) in [5.74, 6) is -1.16. The van der Waals surface area contributed by atoms with Crippen LogP contribution in [-0.2, 0) is 10.0 Å². The molecule has 2 rings (SSSR count). The number of hydrogen-bond acceptors (Lipinski definition) is 4. The van der Waals surface area contributed by atoms with Gasteiger partial charge < -0.3 is 5.11 Å². The number of anilines is 1. The third-order valence-corrected chi connectivity index (χ3v) is 5.91. The van der Waals surface area contributed by atoms with Gasteiger partial charge in [0, 0.05) is 5.02 Å². The van der Waals surface area contributed by atoms with E-state index in [9.17, 15) is 13.2 Å². The number of aromatic carboxylic acids is 1. The van der Waals surface area contributed by atoms with Gasteiger partial charge in [0.15, 0.2) is 0 Å². The van der Waals surface area contributed by atoms with E-state index in [-0.39, 0.29) is 9.09 Å². The maximum absolute atomic E-state index is 12.2. The summed E-state index contributed by atoms with van der Waals surface area (Å²) in [6.07, 6.45) is 0. The van der Waals surface area contributed by atoms with Crippen LogP contribution in [0.5, 0.6) is 0 Å². The topological polar surface area (TPSA) is 83.5 Å². The van der Waals surface area contributed by atoms with Crippen LogP contribution in [0.25, 0.3) is 0 Å². The summed E-state index contributed by atoms with van der Waals surface area (Å²) in [4.78, 5) is 10.7. The van der Waals surface area contributed by atoms with E-state index in [1.54, 1.807) is 25.1 Å². The highest BCUT2D eigenvalue weighted by Gasteiger charge is 2.20. The summed E-state index contributed by atoms with van der Waals surface area (Å²) < 4.78 is 26.7. The van der Waals surface area contributed by atoms with Crippen molar-refractivity contribution in [1.82, 2.24) is 0 Å². The molecule has 0 saturated heterocycles. The Morgan fingerprint density at radius 1 is 1.30 bits per heavy atom. The maximum Gasteiger partial charge on any atom is 0.345 e. The summed E-state index contributed by atoms with van der Waals surface area (Å²) in [7, 11) is -3.82. The normalized spacial score (nSPS) is 11.3. The van der Waals surface area contributed by atoms with Crippen molar-refractivity contribution in [1.29, 1.82) is 0 Å². The first kappa shape index (κ1) is 14.8. The lowest BCUT2D eigenvalue weighted by atomic mass is 10.2. The van der Waals surface area contributed by atoms with E-state index < -0.39 is 16.0 Å². The molecular weight excluding hydrogens is 322 g/mol. The summed E-state index contributed by atoms with van der Waals surface area (Å²) in [6.45, 7) is 1.69. The fourth-order valence-corrected chi connectivity index (χ4v) is 3.93. The van der Waals surface area contributed by atoms with Crippen LogP contribution in [0.1, 0.15) is 15.2 Å². The molecule has 0 unspecified atom stereocenters. The van der Waals surface area contributed by atoms with Crippen molar-refractivity contribution in [2.45, 2.75) is 11.1 Å². The third-order valence-electron chi connectivity index (χ3n) is 2.57. The van der Waals surface area contributed by atoms with Crippen LogP contribution in [0.2, 0.25) is 5.02 Å². The minimum Gasteiger partial charge on any atom is -0.477 e. The lowest BCUT2D eigenvalue weighted by Gasteiger charge is -2.10. The first-order valence-corrected chi connectivity index (χ1v) is 8.10. The number of carboxylic acids is 1. The summed E-state index contributed by atoms with van der Waals surface area (Å²) in [5.41, 5.74) is 0.968. The second-order valence-electron chi connectivity index (χ2n) is 3.94. The highest BCUT2D eigenvalue weighted by molar-refractivity contribution is 7.94. The van der Waals surface area contributed by atoms with Gasteiger partial charge in [0.2, 0.25) is 0 Å². The molecule has 0 aliphatic carbocycles. The number of rotatable bonds is 4. The van der Waals surface area contributed by atoms with Crippen LogP contribution in [0.3, 0.4) is 0 Å². The Labute approximate surface area is 124 Å². The van der Waals surface area contributed by atoms with Crippen LogP contribution in [0.15, 0.2) is 34.5 Å². The zero-order chi connectivity index (χ0) is 14.9. The number of carbonyl (C=O) groups is 1. The number of sulfonamides is 1. The molecule has 20 heavy (non-hydrogen) atoms. The molecule has 8 heteroatoms. The molecule has 5 nitrogen and oxygen atoms in total. The van der Waals surface area contributed by atoms with Gasteiger partial charge in [0.25, 0.3) is 10.0 Å². The number of carboxylic acid groups (broad SMARTS) is 1. The highest BCUT2D eigenvalue weighted by atomic mass is 35.5. The predicted octanol–water partition coefficient (Wildman–Crippen LogP) is 3.21. The molecular formula is C12H10ClNO4S2. The SMILES string of the molecule is Cc1c(Cl)cccc1NS(=O)(=O)c1ccc(C(=O)O)s1. The van der Waals surface area contributed by atoms with Gasteiger partial charge in [-0.2, -0.15) is 0 Å². The molecule has 2 N–H and O–H groups in total. The number of benzene rings is 1. The van der Waals surface area contributed by atoms with Crippen molar-refractivity contribution in [2.75, 3.05) is 4.72 Å². The number of nitrogens with one attached hydrogen (secondary N) is 1. The van der Waals surface area contributed by atoms with Crippen molar-refractivity contribution in [2.24, 2.45) is 0 Å². The highest BCUT2D eigenvalue weighted by Crippen LogP contribution is 2.28. The molecule has 0 spiro atoms. The zero-order valence-corrected chi connectivity index (χ0v) is 12.6. The van der Waals surface area contributed by atoms with Crippen LogP contribution in [0.4, 0.5) is 5.69 Å². The molecule has 0 amide bonds. The van der Waals surface area contributed by atoms with Crippen LogP contribution in [0, 0.1) is 6.92 Å². The quantitative estimate of drug-likeness (QED) is 0.901. The Balaban J connectivity index is 2.35. The molecule has 106 valence electrons. The van der Waals surface area contributed by atoms with E-state index in [0.717, 1.165) is 0 Å². The van der Waals surface area contributed by atoms with Gasteiger partial charge in [0.05, 0.1) is 5.69 Å². The van der Waals surface area contributed by atoms with E-state index in [4.69, 9.17) is 16.7 Å². The number of hydrogen-bond donors (Lipinski definition) is 2. The first-order chi connectivity index (χ1) is 9.31. The summed E-state index contributed by atoms with van der Waals surface area (Å²) in [5, 5.41) is 9.26. The molecule has 0 fully saturated rings. The van der Waals surface area contributed by atoms with Gasteiger partial charge in [-0.05, 0) is 36.8 Å². The van der Waals surface area contributed by atoms with Crippen molar-refractivity contribution in [3.8, 4) is 0 Å². The fraction of sp³-hybridized carbons (Fsp3) is 0.0833. The van der Waals surface area contributed by atoms with Crippen LogP contribution < -0.4 is 4.72 Å². The number of halogens is 1. The summed E-state index contributed by atoms with van der Waals surface area (Å²) in [6, 6.07) is 7.39. The lowest BCUT2D eigenvalue weighted by molar-refractivity contribution is 0.0702. The Hall–Kier alpha value is -1.57. The van der Waals surface area contributed by atoms with Gasteiger partial charge in [0.1, 0.15) is 9.09 Å². The third kappa shape index (κ3) is 2.95. The molecule has 0 atom stereocenters. The monoisotopic (exact) mass is 331 g/mol. The summed E-state index contributed by atoms with van der Waals surface area (Å²) >= 11 is 6.62. The van der Waals surface area contributed by atoms with Gasteiger partial charge >= 0.3 is 5.97 Å². The molecule has 0 aliphatic rings. The van der Waals surface area contributed by atoms with Crippen molar-refractivity contribution >= 4 is 44.6 Å². The smallest absolute Gasteiger partial charge is 0.345 e. The van der Waals surface area contributed by atoms with Gasteiger partial charge in [-0.15, -0.1) is 11.3 Å². The van der Waals surface area contributed by atoms with Crippen molar-refractivity contribution in [3.05, 3.63) is 45.8 Å². The minimum atomic E-state index is -3.82. The second-order valence-corrected chi connectivity index (χ2v) is 7.34. The molecule has 1 heterocycles. The first-order valence-electron chi connectivity index (χ1n) is 5.42. The average molecular weight is 332 g/mol. The Morgan fingerprint density at radius 2 is 2.00 bits per heavy atom. The van der Waals surface area contributed by atoms with Gasteiger partial charge in [-0.1, -0.05) is 17.7 Å². The fourth-order valence-electron chi connectivity index (χ4n) is 1.49. The molecule has 1 aromatic heterocycles. The Kier molecular flexibility index (Phi) is 4.03.